The average molecular weight is 274 g/mol. The molecule has 0 aliphatic carbocycles. The minimum Gasteiger partial charge on any atom is -0.423 e. The maximum Gasteiger partial charge on any atom is 0.298 e. The van der Waals surface area contributed by atoms with Gasteiger partial charge in [-0.25, -0.2) is 0 Å². The normalized spacial score (nSPS) is 18.6. The monoisotopic (exact) mass is 274 g/mol. The Balaban J connectivity index is 1.73. The Morgan fingerprint density at radius 1 is 1.30 bits per heavy atom. The predicted molar refractivity (Wildman–Crippen MR) is 82.0 cm³/mol. The van der Waals surface area contributed by atoms with Crippen LogP contribution < -0.4 is 10.6 Å². The summed E-state index contributed by atoms with van der Waals surface area (Å²) in [6, 6.07) is 6.96. The molecule has 5 nitrogen and oxygen atoms in total. The van der Waals surface area contributed by atoms with Gasteiger partial charge in [0.25, 0.3) is 6.01 Å². The molecule has 1 aliphatic heterocycles. The van der Waals surface area contributed by atoms with Gasteiger partial charge in [0.05, 0.1) is 0 Å². The van der Waals surface area contributed by atoms with Crippen LogP contribution in [0.3, 0.4) is 0 Å². The summed E-state index contributed by atoms with van der Waals surface area (Å²) in [5.74, 6) is 0. The van der Waals surface area contributed by atoms with Gasteiger partial charge in [-0.05, 0) is 31.5 Å². The number of nitrogen functional groups attached to an aromatic ring is 1. The first-order valence-electron chi connectivity index (χ1n) is 7.32. The molecule has 5 heteroatoms. The highest BCUT2D eigenvalue weighted by Crippen LogP contribution is 2.24. The van der Waals surface area contributed by atoms with Crippen molar-refractivity contribution in [1.29, 1.82) is 0 Å². The number of piperazine rings is 1. The maximum absolute atomic E-state index is 5.83. The third kappa shape index (κ3) is 2.45. The van der Waals surface area contributed by atoms with Crippen molar-refractivity contribution in [1.82, 2.24) is 9.88 Å². The van der Waals surface area contributed by atoms with Gasteiger partial charge in [-0.2, -0.15) is 4.98 Å². The van der Waals surface area contributed by atoms with Gasteiger partial charge in [0.15, 0.2) is 5.58 Å². The quantitative estimate of drug-likeness (QED) is 0.871. The number of oxazole rings is 1. The van der Waals surface area contributed by atoms with Gasteiger partial charge in [0.2, 0.25) is 0 Å². The molecule has 1 atom stereocenters. The molecule has 0 amide bonds. The van der Waals surface area contributed by atoms with Crippen molar-refractivity contribution in [2.45, 2.75) is 26.3 Å². The Bertz CT molecular complexity index is 587. The first-order chi connectivity index (χ1) is 9.67. The molecule has 0 spiro atoms. The van der Waals surface area contributed by atoms with E-state index < -0.39 is 0 Å². The van der Waals surface area contributed by atoms with Gasteiger partial charge in [-0.15, -0.1) is 0 Å². The minimum atomic E-state index is 0.653. The lowest BCUT2D eigenvalue weighted by Crippen LogP contribution is -2.49. The third-order valence-corrected chi connectivity index (χ3v) is 4.20. The molecule has 3 rings (SSSR count). The van der Waals surface area contributed by atoms with Crippen LogP contribution in [0.4, 0.5) is 11.7 Å². The molecule has 1 saturated heterocycles. The Morgan fingerprint density at radius 3 is 2.75 bits per heavy atom. The summed E-state index contributed by atoms with van der Waals surface area (Å²) < 4.78 is 5.83. The molecular formula is C15H22N4O. The number of nitrogens with two attached hydrogens (primary N) is 1. The molecule has 20 heavy (non-hydrogen) atoms. The molecule has 1 aliphatic rings. The number of hydrogen-bond acceptors (Lipinski definition) is 5. The largest absolute Gasteiger partial charge is 0.423 e. The molecule has 108 valence electrons. The Morgan fingerprint density at radius 2 is 2.05 bits per heavy atom. The second-order valence-electron chi connectivity index (χ2n) is 5.50. The van der Waals surface area contributed by atoms with Crippen molar-refractivity contribution < 1.29 is 4.42 Å². The van der Waals surface area contributed by atoms with Gasteiger partial charge in [-0.1, -0.05) is 6.92 Å². The van der Waals surface area contributed by atoms with Crippen LogP contribution in [0.15, 0.2) is 22.6 Å². The first kappa shape index (κ1) is 13.2. The highest BCUT2D eigenvalue weighted by Gasteiger charge is 2.23. The van der Waals surface area contributed by atoms with E-state index in [0.29, 0.717) is 6.04 Å². The van der Waals surface area contributed by atoms with Crippen LogP contribution in [0.25, 0.3) is 11.1 Å². The van der Waals surface area contributed by atoms with Crippen LogP contribution >= 0.6 is 0 Å². The number of anilines is 2. The van der Waals surface area contributed by atoms with E-state index in [1.165, 1.54) is 6.42 Å². The number of nitrogens with zero attached hydrogens (tertiary/aromatic N) is 3. The van der Waals surface area contributed by atoms with Crippen LogP contribution in [0, 0.1) is 0 Å². The van der Waals surface area contributed by atoms with Crippen LogP contribution in [0.1, 0.15) is 20.3 Å². The fourth-order valence-corrected chi connectivity index (χ4v) is 2.68. The third-order valence-electron chi connectivity index (χ3n) is 4.20. The number of benzene rings is 1. The van der Waals surface area contributed by atoms with E-state index in [0.717, 1.165) is 49.0 Å². The van der Waals surface area contributed by atoms with Crippen LogP contribution in [-0.4, -0.2) is 42.1 Å². The van der Waals surface area contributed by atoms with E-state index >= 15 is 0 Å². The van der Waals surface area contributed by atoms with Crippen LogP contribution in [-0.2, 0) is 0 Å². The Hall–Kier alpha value is -1.75. The Labute approximate surface area is 119 Å². The smallest absolute Gasteiger partial charge is 0.298 e. The zero-order chi connectivity index (χ0) is 14.1. The van der Waals surface area contributed by atoms with Gasteiger partial charge >= 0.3 is 0 Å². The summed E-state index contributed by atoms with van der Waals surface area (Å²) in [5.41, 5.74) is 8.14. The molecule has 0 saturated carbocycles. The number of hydrogen-bond donors (Lipinski definition) is 1. The van der Waals surface area contributed by atoms with Crippen molar-refractivity contribution in [3.05, 3.63) is 18.2 Å². The molecule has 1 aromatic carbocycles. The summed E-state index contributed by atoms with van der Waals surface area (Å²) in [6.07, 6.45) is 1.20. The predicted octanol–water partition coefficient (Wildman–Crippen LogP) is 2.33. The van der Waals surface area contributed by atoms with Crippen molar-refractivity contribution in [3.8, 4) is 0 Å². The van der Waals surface area contributed by atoms with E-state index in [2.05, 4.69) is 28.6 Å². The van der Waals surface area contributed by atoms with Gasteiger partial charge < -0.3 is 15.1 Å². The van der Waals surface area contributed by atoms with Gasteiger partial charge in [-0.3, -0.25) is 4.90 Å². The lowest BCUT2D eigenvalue weighted by Gasteiger charge is -2.37. The minimum absolute atomic E-state index is 0.653. The second-order valence-corrected chi connectivity index (χ2v) is 5.50. The molecule has 2 aromatic rings. The molecule has 1 aromatic heterocycles. The molecular weight excluding hydrogens is 252 g/mol. The summed E-state index contributed by atoms with van der Waals surface area (Å²) in [6.45, 7) is 8.59. The van der Waals surface area contributed by atoms with E-state index in [-0.39, 0.29) is 0 Å². The summed E-state index contributed by atoms with van der Waals surface area (Å²) in [4.78, 5) is 9.29. The second kappa shape index (κ2) is 5.32. The lowest BCUT2D eigenvalue weighted by molar-refractivity contribution is 0.190. The van der Waals surface area contributed by atoms with Crippen LogP contribution in [0.5, 0.6) is 0 Å². The molecule has 1 unspecified atom stereocenters. The zero-order valence-electron chi connectivity index (χ0n) is 12.2. The Kier molecular flexibility index (Phi) is 3.53. The van der Waals surface area contributed by atoms with E-state index in [4.69, 9.17) is 10.2 Å². The van der Waals surface area contributed by atoms with E-state index in [1.54, 1.807) is 0 Å². The molecule has 2 heterocycles. The topological polar surface area (TPSA) is 58.5 Å². The zero-order valence-corrected chi connectivity index (χ0v) is 12.2. The fraction of sp³-hybridized carbons (Fsp3) is 0.533. The van der Waals surface area contributed by atoms with Crippen molar-refractivity contribution >= 4 is 22.8 Å². The molecule has 0 bridgehead atoms. The number of rotatable bonds is 3. The van der Waals surface area contributed by atoms with Gasteiger partial charge in [0.1, 0.15) is 5.52 Å². The SMILES string of the molecule is CCC(C)N1CCN(c2nc3cc(N)ccc3o2)CC1. The summed E-state index contributed by atoms with van der Waals surface area (Å²) in [7, 11) is 0. The highest BCUT2D eigenvalue weighted by molar-refractivity contribution is 5.78. The van der Waals surface area contributed by atoms with Crippen molar-refractivity contribution in [2.75, 3.05) is 36.8 Å². The van der Waals surface area contributed by atoms with E-state index in [1.807, 2.05) is 18.2 Å². The van der Waals surface area contributed by atoms with Crippen molar-refractivity contribution in [2.24, 2.45) is 0 Å². The molecule has 2 N–H and O–H groups in total. The van der Waals surface area contributed by atoms with Crippen molar-refractivity contribution in [3.63, 3.8) is 0 Å². The number of aromatic nitrogens is 1. The van der Waals surface area contributed by atoms with E-state index in [9.17, 15) is 0 Å². The average Bonchev–Trinajstić information content (AvgIpc) is 2.89. The molecule has 1 fully saturated rings. The lowest BCUT2D eigenvalue weighted by atomic mass is 10.2. The standard InChI is InChI=1S/C15H22N4O/c1-3-11(2)18-6-8-19(9-7-18)15-17-13-10-12(16)4-5-14(13)20-15/h4-5,10-11H,3,6-9,16H2,1-2H3. The summed E-state index contributed by atoms with van der Waals surface area (Å²) >= 11 is 0. The van der Waals surface area contributed by atoms with Gasteiger partial charge in [0, 0.05) is 37.9 Å². The summed E-state index contributed by atoms with van der Waals surface area (Å²) in [5, 5.41) is 0. The maximum atomic E-state index is 5.83. The van der Waals surface area contributed by atoms with Crippen LogP contribution in [0.2, 0.25) is 0 Å². The number of fused-ring (bicyclic) bond motifs is 1. The molecule has 0 radical (unpaired) electrons. The highest BCUT2D eigenvalue weighted by atomic mass is 16.4. The fourth-order valence-electron chi connectivity index (χ4n) is 2.68. The first-order valence-corrected chi connectivity index (χ1v) is 7.32.